The average molecular weight is 262 g/mol. The van der Waals surface area contributed by atoms with Crippen LogP contribution in [0.5, 0.6) is 5.75 Å². The van der Waals surface area contributed by atoms with Crippen LogP contribution in [0.25, 0.3) is 0 Å². The number of nitrogens with zero attached hydrogens (tertiary/aromatic N) is 2. The highest BCUT2D eigenvalue weighted by Crippen LogP contribution is 2.17. The van der Waals surface area contributed by atoms with Gasteiger partial charge in [-0.25, -0.2) is 4.98 Å². The lowest BCUT2D eigenvalue weighted by Crippen LogP contribution is -2.13. The molecule has 0 aliphatic heterocycles. The highest BCUT2D eigenvalue weighted by atomic mass is 16.5. The summed E-state index contributed by atoms with van der Waals surface area (Å²) in [5.74, 6) is 0.463. The molecule has 2 rings (SSSR count). The smallest absolute Gasteiger partial charge is 0.292 e. The molecule has 0 saturated carbocycles. The van der Waals surface area contributed by atoms with Crippen LogP contribution in [-0.4, -0.2) is 41.4 Å². The summed E-state index contributed by atoms with van der Waals surface area (Å²) in [6, 6.07) is 7.08. The van der Waals surface area contributed by atoms with Crippen molar-refractivity contribution in [2.45, 2.75) is 0 Å². The Morgan fingerprint density at radius 1 is 1.42 bits per heavy atom. The van der Waals surface area contributed by atoms with Crippen LogP contribution in [0, 0.1) is 0 Å². The number of ether oxygens (including phenoxy) is 2. The zero-order valence-corrected chi connectivity index (χ0v) is 10.4. The van der Waals surface area contributed by atoms with Gasteiger partial charge >= 0.3 is 0 Å². The molecule has 0 spiro atoms. The Balaban J connectivity index is 1.97. The first-order chi connectivity index (χ1) is 9.29. The molecule has 7 nitrogen and oxygen atoms in total. The fraction of sp³-hybridized carbons (Fsp3) is 0.250. The van der Waals surface area contributed by atoms with E-state index in [2.05, 4.69) is 20.5 Å². The van der Waals surface area contributed by atoms with Crippen molar-refractivity contribution < 1.29 is 14.3 Å². The standard InChI is InChI=1S/C12H14N4O3/c1-18-5-6-19-10-4-2-3-9(7-10)15-12(17)11-13-8-14-16-11/h2-4,7-8H,5-6H2,1H3,(H,15,17)(H,13,14,16). The minimum atomic E-state index is -0.355. The third kappa shape index (κ3) is 3.78. The molecule has 1 heterocycles. The summed E-state index contributed by atoms with van der Waals surface area (Å²) in [6.07, 6.45) is 1.28. The Labute approximate surface area is 110 Å². The van der Waals surface area contributed by atoms with Crippen LogP contribution in [0.4, 0.5) is 5.69 Å². The predicted octanol–water partition coefficient (Wildman–Crippen LogP) is 1.08. The van der Waals surface area contributed by atoms with Crippen LogP contribution in [0.2, 0.25) is 0 Å². The van der Waals surface area contributed by atoms with E-state index in [0.29, 0.717) is 24.7 Å². The van der Waals surface area contributed by atoms with Crippen LogP contribution in [-0.2, 0) is 4.74 Å². The number of benzene rings is 1. The number of nitrogens with one attached hydrogen (secondary N) is 2. The summed E-state index contributed by atoms with van der Waals surface area (Å²) in [5, 5.41) is 8.80. The number of methoxy groups -OCH3 is 1. The van der Waals surface area contributed by atoms with Gasteiger partial charge in [-0.2, -0.15) is 5.10 Å². The first-order valence-electron chi connectivity index (χ1n) is 5.68. The molecule has 1 aromatic heterocycles. The second kappa shape index (κ2) is 6.50. The summed E-state index contributed by atoms with van der Waals surface area (Å²) in [6.45, 7) is 0.963. The van der Waals surface area contributed by atoms with Crippen molar-refractivity contribution in [3.8, 4) is 5.75 Å². The molecule has 0 atom stereocenters. The van der Waals surface area contributed by atoms with Gasteiger partial charge in [0.05, 0.1) is 6.61 Å². The van der Waals surface area contributed by atoms with Gasteiger partial charge in [0.15, 0.2) is 0 Å². The number of carbonyl (C=O) groups excluding carboxylic acids is 1. The van der Waals surface area contributed by atoms with Gasteiger partial charge in [-0.05, 0) is 12.1 Å². The van der Waals surface area contributed by atoms with Gasteiger partial charge in [-0.1, -0.05) is 6.07 Å². The molecule has 100 valence electrons. The van der Waals surface area contributed by atoms with Gasteiger partial charge in [0.25, 0.3) is 5.91 Å². The molecule has 1 amide bonds. The van der Waals surface area contributed by atoms with Crippen molar-refractivity contribution in [3.05, 3.63) is 36.4 Å². The lowest BCUT2D eigenvalue weighted by atomic mass is 10.3. The molecule has 0 aliphatic rings. The van der Waals surface area contributed by atoms with Crippen LogP contribution >= 0.6 is 0 Å². The van der Waals surface area contributed by atoms with Crippen molar-refractivity contribution in [3.63, 3.8) is 0 Å². The topological polar surface area (TPSA) is 89.1 Å². The Hall–Kier alpha value is -2.41. The zero-order valence-electron chi connectivity index (χ0n) is 10.4. The van der Waals surface area contributed by atoms with Crippen molar-refractivity contribution in [1.82, 2.24) is 15.2 Å². The second-order valence-corrected chi connectivity index (χ2v) is 3.66. The van der Waals surface area contributed by atoms with Crippen LogP contribution in [0.3, 0.4) is 0 Å². The molecule has 19 heavy (non-hydrogen) atoms. The maximum Gasteiger partial charge on any atom is 0.292 e. The Bertz CT molecular complexity index is 528. The summed E-state index contributed by atoms with van der Waals surface area (Å²) >= 11 is 0. The van der Waals surface area contributed by atoms with Gasteiger partial charge in [-0.15, -0.1) is 0 Å². The summed E-state index contributed by atoms with van der Waals surface area (Å²) in [4.78, 5) is 15.5. The maximum absolute atomic E-state index is 11.7. The molecule has 0 radical (unpaired) electrons. The first kappa shape index (κ1) is 13.0. The number of hydrogen-bond acceptors (Lipinski definition) is 5. The lowest BCUT2D eigenvalue weighted by Gasteiger charge is -2.08. The maximum atomic E-state index is 11.7. The molecular weight excluding hydrogens is 248 g/mol. The normalized spacial score (nSPS) is 10.2. The van der Waals surface area contributed by atoms with Crippen molar-refractivity contribution >= 4 is 11.6 Å². The summed E-state index contributed by atoms with van der Waals surface area (Å²) < 4.78 is 10.3. The van der Waals surface area contributed by atoms with Gasteiger partial charge in [0.1, 0.15) is 18.7 Å². The molecule has 0 aliphatic carbocycles. The largest absolute Gasteiger partial charge is 0.491 e. The lowest BCUT2D eigenvalue weighted by molar-refractivity contribution is 0.101. The summed E-state index contributed by atoms with van der Waals surface area (Å²) in [5.41, 5.74) is 0.622. The highest BCUT2D eigenvalue weighted by molar-refractivity contribution is 6.01. The zero-order chi connectivity index (χ0) is 13.5. The number of aromatic nitrogens is 3. The minimum absolute atomic E-state index is 0.158. The van der Waals surface area contributed by atoms with E-state index in [1.54, 1.807) is 31.4 Å². The van der Waals surface area contributed by atoms with E-state index >= 15 is 0 Å². The number of rotatable bonds is 6. The molecular formula is C12H14N4O3. The van der Waals surface area contributed by atoms with Gasteiger partial charge in [-0.3, -0.25) is 9.89 Å². The quantitative estimate of drug-likeness (QED) is 0.760. The third-order valence-corrected chi connectivity index (χ3v) is 2.28. The third-order valence-electron chi connectivity index (χ3n) is 2.28. The molecule has 0 bridgehead atoms. The van der Waals surface area contributed by atoms with E-state index in [0.717, 1.165) is 0 Å². The number of hydrogen-bond donors (Lipinski definition) is 2. The summed E-state index contributed by atoms with van der Waals surface area (Å²) in [7, 11) is 1.61. The monoisotopic (exact) mass is 262 g/mol. The molecule has 1 aromatic carbocycles. The van der Waals surface area contributed by atoms with Gasteiger partial charge in [0.2, 0.25) is 5.82 Å². The number of anilines is 1. The van der Waals surface area contributed by atoms with Gasteiger partial charge in [0, 0.05) is 18.9 Å². The van der Waals surface area contributed by atoms with E-state index < -0.39 is 0 Å². The molecule has 0 saturated heterocycles. The number of amides is 1. The van der Waals surface area contributed by atoms with E-state index in [4.69, 9.17) is 9.47 Å². The van der Waals surface area contributed by atoms with Crippen LogP contribution in [0.15, 0.2) is 30.6 Å². The SMILES string of the molecule is COCCOc1cccc(NC(=O)c2ncn[nH]2)c1. The molecule has 0 fully saturated rings. The average Bonchev–Trinajstić information content (AvgIpc) is 2.93. The molecule has 7 heteroatoms. The number of aromatic amines is 1. The molecule has 2 aromatic rings. The van der Waals surface area contributed by atoms with Crippen molar-refractivity contribution in [1.29, 1.82) is 0 Å². The van der Waals surface area contributed by atoms with Crippen molar-refractivity contribution in [2.75, 3.05) is 25.6 Å². The Kier molecular flexibility index (Phi) is 4.46. The van der Waals surface area contributed by atoms with E-state index in [-0.39, 0.29) is 11.7 Å². The van der Waals surface area contributed by atoms with Crippen LogP contribution < -0.4 is 10.1 Å². The van der Waals surface area contributed by atoms with Gasteiger partial charge < -0.3 is 14.8 Å². The fourth-order valence-corrected chi connectivity index (χ4v) is 1.41. The van der Waals surface area contributed by atoms with Crippen LogP contribution in [0.1, 0.15) is 10.6 Å². The Morgan fingerprint density at radius 2 is 2.32 bits per heavy atom. The van der Waals surface area contributed by atoms with E-state index in [1.165, 1.54) is 6.33 Å². The fourth-order valence-electron chi connectivity index (χ4n) is 1.41. The highest BCUT2D eigenvalue weighted by Gasteiger charge is 2.08. The van der Waals surface area contributed by atoms with Crippen molar-refractivity contribution in [2.24, 2.45) is 0 Å². The van der Waals surface area contributed by atoms with E-state index in [9.17, 15) is 4.79 Å². The minimum Gasteiger partial charge on any atom is -0.491 e. The second-order valence-electron chi connectivity index (χ2n) is 3.66. The Morgan fingerprint density at radius 3 is 3.05 bits per heavy atom. The predicted molar refractivity (Wildman–Crippen MR) is 68.1 cm³/mol. The van der Waals surface area contributed by atoms with E-state index in [1.807, 2.05) is 0 Å². The number of carbonyl (C=O) groups is 1. The number of H-pyrrole nitrogens is 1. The molecule has 2 N–H and O–H groups in total. The first-order valence-corrected chi connectivity index (χ1v) is 5.68. The molecule has 0 unspecified atom stereocenters.